The lowest BCUT2D eigenvalue weighted by atomic mass is 10.1. The van der Waals surface area contributed by atoms with Crippen molar-refractivity contribution >= 4 is 11.8 Å². The maximum atomic E-state index is 11.5. The molecule has 1 atom stereocenters. The second-order valence-electron chi connectivity index (χ2n) is 4.30. The van der Waals surface area contributed by atoms with Gasteiger partial charge in [0.2, 0.25) is 11.8 Å². The third-order valence-electron chi connectivity index (χ3n) is 2.89. The zero-order valence-electron chi connectivity index (χ0n) is 9.99. The van der Waals surface area contributed by atoms with Gasteiger partial charge >= 0.3 is 0 Å². The molecule has 6 nitrogen and oxygen atoms in total. The summed E-state index contributed by atoms with van der Waals surface area (Å²) in [6.45, 7) is 2.52. The van der Waals surface area contributed by atoms with Gasteiger partial charge in [-0.1, -0.05) is 0 Å². The van der Waals surface area contributed by atoms with Crippen molar-refractivity contribution in [2.75, 3.05) is 0 Å². The van der Waals surface area contributed by atoms with Crippen LogP contribution >= 0.6 is 0 Å². The van der Waals surface area contributed by atoms with Gasteiger partial charge in [0.15, 0.2) is 0 Å². The Morgan fingerprint density at radius 3 is 2.94 bits per heavy atom. The van der Waals surface area contributed by atoms with Crippen LogP contribution in [0, 0.1) is 6.92 Å². The Kier molecular flexibility index (Phi) is 3.23. The molecule has 1 aromatic heterocycles. The SMILES string of the molecule is Cc1nn(C)cc1CNC1CCC(=O)NC1=O. The minimum absolute atomic E-state index is 0.189. The summed E-state index contributed by atoms with van der Waals surface area (Å²) in [6, 6.07) is -0.285. The third kappa shape index (κ3) is 2.71. The van der Waals surface area contributed by atoms with Crippen LogP contribution in [0.4, 0.5) is 0 Å². The summed E-state index contributed by atoms with van der Waals surface area (Å²) in [5, 5.41) is 9.70. The summed E-state index contributed by atoms with van der Waals surface area (Å²) in [6.07, 6.45) is 2.88. The Labute approximate surface area is 99.4 Å². The van der Waals surface area contributed by atoms with Crippen LogP contribution in [0.3, 0.4) is 0 Å². The smallest absolute Gasteiger partial charge is 0.243 e. The molecule has 0 aliphatic carbocycles. The van der Waals surface area contributed by atoms with E-state index in [0.29, 0.717) is 19.4 Å². The highest BCUT2D eigenvalue weighted by Crippen LogP contribution is 2.08. The lowest BCUT2D eigenvalue weighted by Gasteiger charge is -2.21. The normalized spacial score (nSPS) is 20.5. The van der Waals surface area contributed by atoms with E-state index < -0.39 is 0 Å². The summed E-state index contributed by atoms with van der Waals surface area (Å²) in [4.78, 5) is 22.5. The van der Waals surface area contributed by atoms with Gasteiger partial charge in [0.05, 0.1) is 11.7 Å². The fraction of sp³-hybridized carbons (Fsp3) is 0.545. The molecule has 2 amide bonds. The molecular formula is C11H16N4O2. The van der Waals surface area contributed by atoms with Gasteiger partial charge in [-0.2, -0.15) is 5.10 Å². The highest BCUT2D eigenvalue weighted by atomic mass is 16.2. The van der Waals surface area contributed by atoms with Crippen LogP contribution in [0.15, 0.2) is 6.20 Å². The molecule has 1 unspecified atom stereocenters. The van der Waals surface area contributed by atoms with Crippen molar-refractivity contribution in [1.29, 1.82) is 0 Å². The predicted molar refractivity (Wildman–Crippen MR) is 61.0 cm³/mol. The number of imide groups is 1. The molecular weight excluding hydrogens is 220 g/mol. The summed E-state index contributed by atoms with van der Waals surface area (Å²) in [7, 11) is 1.86. The van der Waals surface area contributed by atoms with E-state index in [1.807, 2.05) is 20.2 Å². The second-order valence-corrected chi connectivity index (χ2v) is 4.30. The van der Waals surface area contributed by atoms with E-state index in [2.05, 4.69) is 15.7 Å². The number of hydrogen-bond acceptors (Lipinski definition) is 4. The van der Waals surface area contributed by atoms with Gasteiger partial charge in [0, 0.05) is 31.8 Å². The van der Waals surface area contributed by atoms with Crippen molar-refractivity contribution in [1.82, 2.24) is 20.4 Å². The maximum absolute atomic E-state index is 11.5. The van der Waals surface area contributed by atoms with Crippen molar-refractivity contribution < 1.29 is 9.59 Å². The zero-order valence-corrected chi connectivity index (χ0v) is 9.99. The van der Waals surface area contributed by atoms with E-state index in [-0.39, 0.29) is 17.9 Å². The molecule has 1 saturated heterocycles. The number of nitrogens with zero attached hydrogens (tertiary/aromatic N) is 2. The number of nitrogens with one attached hydrogen (secondary N) is 2. The highest BCUT2D eigenvalue weighted by molar-refractivity contribution is 6.00. The highest BCUT2D eigenvalue weighted by Gasteiger charge is 2.25. The van der Waals surface area contributed by atoms with E-state index in [1.165, 1.54) is 0 Å². The van der Waals surface area contributed by atoms with Crippen LogP contribution in [-0.4, -0.2) is 27.6 Å². The molecule has 0 bridgehead atoms. The zero-order chi connectivity index (χ0) is 12.4. The van der Waals surface area contributed by atoms with Gasteiger partial charge in [-0.3, -0.25) is 19.6 Å². The van der Waals surface area contributed by atoms with Gasteiger partial charge < -0.3 is 5.32 Å². The van der Waals surface area contributed by atoms with Crippen molar-refractivity contribution in [2.45, 2.75) is 32.4 Å². The molecule has 17 heavy (non-hydrogen) atoms. The van der Waals surface area contributed by atoms with Gasteiger partial charge in [-0.15, -0.1) is 0 Å². The molecule has 2 heterocycles. The number of amides is 2. The van der Waals surface area contributed by atoms with Crippen LogP contribution in [0.2, 0.25) is 0 Å². The second kappa shape index (κ2) is 4.67. The summed E-state index contributed by atoms with van der Waals surface area (Å²) in [5.41, 5.74) is 2.02. The number of aryl methyl sites for hydroxylation is 2. The number of carbonyl (C=O) groups is 2. The van der Waals surface area contributed by atoms with Crippen molar-refractivity contribution in [3.63, 3.8) is 0 Å². The monoisotopic (exact) mass is 236 g/mol. The number of rotatable bonds is 3. The molecule has 1 aliphatic heterocycles. The lowest BCUT2D eigenvalue weighted by molar-refractivity contribution is -0.134. The summed E-state index contributed by atoms with van der Waals surface area (Å²) < 4.78 is 1.75. The molecule has 0 radical (unpaired) electrons. The maximum Gasteiger partial charge on any atom is 0.243 e. The standard InChI is InChI=1S/C11H16N4O2/c1-7-8(6-15(2)14-7)5-12-9-3-4-10(16)13-11(9)17/h6,9,12H,3-5H2,1-2H3,(H,13,16,17). The van der Waals surface area contributed by atoms with E-state index in [9.17, 15) is 9.59 Å². The number of hydrogen-bond donors (Lipinski definition) is 2. The van der Waals surface area contributed by atoms with Crippen LogP contribution in [0.5, 0.6) is 0 Å². The molecule has 0 spiro atoms. The average Bonchev–Trinajstić information content (AvgIpc) is 2.56. The van der Waals surface area contributed by atoms with Crippen molar-refractivity contribution in [3.8, 4) is 0 Å². The third-order valence-corrected chi connectivity index (χ3v) is 2.89. The molecule has 1 fully saturated rings. The Morgan fingerprint density at radius 1 is 1.59 bits per heavy atom. The fourth-order valence-corrected chi connectivity index (χ4v) is 1.94. The molecule has 0 saturated carbocycles. The van der Waals surface area contributed by atoms with E-state index in [0.717, 1.165) is 11.3 Å². The van der Waals surface area contributed by atoms with Gasteiger partial charge in [0.25, 0.3) is 0 Å². The van der Waals surface area contributed by atoms with Crippen LogP contribution in [0.25, 0.3) is 0 Å². The van der Waals surface area contributed by atoms with E-state index in [1.54, 1.807) is 4.68 Å². The first-order chi connectivity index (χ1) is 8.06. The van der Waals surface area contributed by atoms with Gasteiger partial charge in [-0.05, 0) is 13.3 Å². The minimum atomic E-state index is -0.285. The number of piperidine rings is 1. The Morgan fingerprint density at radius 2 is 2.35 bits per heavy atom. The Bertz CT molecular complexity index is 452. The predicted octanol–water partition coefficient (Wildman–Crippen LogP) is -0.377. The summed E-state index contributed by atoms with van der Waals surface area (Å²) >= 11 is 0. The lowest BCUT2D eigenvalue weighted by Crippen LogP contribution is -2.50. The molecule has 2 N–H and O–H groups in total. The van der Waals surface area contributed by atoms with E-state index in [4.69, 9.17) is 0 Å². The fourth-order valence-electron chi connectivity index (χ4n) is 1.94. The van der Waals surface area contributed by atoms with Gasteiger partial charge in [-0.25, -0.2) is 0 Å². The average molecular weight is 236 g/mol. The molecule has 1 aliphatic rings. The number of carbonyl (C=O) groups excluding carboxylic acids is 2. The van der Waals surface area contributed by atoms with Crippen LogP contribution in [0.1, 0.15) is 24.1 Å². The molecule has 92 valence electrons. The van der Waals surface area contributed by atoms with E-state index >= 15 is 0 Å². The topological polar surface area (TPSA) is 76.0 Å². The van der Waals surface area contributed by atoms with Gasteiger partial charge in [0.1, 0.15) is 0 Å². The van der Waals surface area contributed by atoms with Crippen LogP contribution < -0.4 is 10.6 Å². The largest absolute Gasteiger partial charge is 0.302 e. The Balaban J connectivity index is 1.92. The molecule has 1 aromatic rings. The number of aromatic nitrogens is 2. The van der Waals surface area contributed by atoms with Crippen LogP contribution in [-0.2, 0) is 23.2 Å². The quantitative estimate of drug-likeness (QED) is 0.702. The Hall–Kier alpha value is -1.69. The molecule has 0 aromatic carbocycles. The van der Waals surface area contributed by atoms with Crippen molar-refractivity contribution in [2.24, 2.45) is 7.05 Å². The molecule has 6 heteroatoms. The minimum Gasteiger partial charge on any atom is -0.302 e. The first-order valence-corrected chi connectivity index (χ1v) is 5.62. The summed E-state index contributed by atoms with van der Waals surface area (Å²) in [5.74, 6) is -0.423. The first-order valence-electron chi connectivity index (χ1n) is 5.62. The first kappa shape index (κ1) is 11.8. The van der Waals surface area contributed by atoms with Crippen molar-refractivity contribution in [3.05, 3.63) is 17.5 Å². The molecule has 2 rings (SSSR count).